The molecule has 2 amide bonds. The molecule has 2 aromatic carbocycles. The molecule has 0 unspecified atom stereocenters. The predicted molar refractivity (Wildman–Crippen MR) is 114 cm³/mol. The molecule has 0 saturated heterocycles. The molecule has 2 heterocycles. The Hall–Kier alpha value is -4.13. The number of pyridine rings is 1. The van der Waals surface area contributed by atoms with Gasteiger partial charge in [0.2, 0.25) is 0 Å². The average Bonchev–Trinajstić information content (AvgIpc) is 3.21. The van der Waals surface area contributed by atoms with Crippen LogP contribution >= 0.6 is 0 Å². The number of anilines is 1. The maximum absolute atomic E-state index is 12.4. The van der Waals surface area contributed by atoms with Crippen molar-refractivity contribution < 1.29 is 14.3 Å². The Morgan fingerprint density at radius 2 is 1.80 bits per heavy atom. The molecule has 150 valence electrons. The SMILES string of the molecule is O=C(NCC(=O)c1cnc2ccccn12)Nc1cccc(OCc2ccccc2)c1. The number of nitrogens with one attached hydrogen (secondary N) is 2. The smallest absolute Gasteiger partial charge is 0.319 e. The van der Waals surface area contributed by atoms with Crippen molar-refractivity contribution in [1.82, 2.24) is 14.7 Å². The zero-order valence-corrected chi connectivity index (χ0v) is 16.1. The molecular formula is C23H20N4O3. The Bertz CT molecular complexity index is 1170. The lowest BCUT2D eigenvalue weighted by Crippen LogP contribution is -2.33. The van der Waals surface area contributed by atoms with Gasteiger partial charge in [-0.05, 0) is 29.8 Å². The van der Waals surface area contributed by atoms with Crippen molar-refractivity contribution in [3.05, 3.63) is 96.4 Å². The summed E-state index contributed by atoms with van der Waals surface area (Å²) in [5.74, 6) is 0.405. The molecule has 0 bridgehead atoms. The number of ether oxygens (including phenoxy) is 1. The van der Waals surface area contributed by atoms with Gasteiger partial charge >= 0.3 is 6.03 Å². The second-order valence-corrected chi connectivity index (χ2v) is 6.61. The number of ketones is 1. The Morgan fingerprint density at radius 3 is 2.67 bits per heavy atom. The van der Waals surface area contributed by atoms with Crippen LogP contribution in [-0.2, 0) is 6.61 Å². The van der Waals surface area contributed by atoms with Gasteiger partial charge in [-0.15, -0.1) is 0 Å². The van der Waals surface area contributed by atoms with E-state index in [2.05, 4.69) is 15.6 Å². The third-order valence-corrected chi connectivity index (χ3v) is 4.45. The number of aromatic nitrogens is 2. The van der Waals surface area contributed by atoms with Gasteiger partial charge in [0.1, 0.15) is 23.7 Å². The molecule has 4 aromatic rings. The Balaban J connectivity index is 1.31. The van der Waals surface area contributed by atoms with Gasteiger partial charge in [0, 0.05) is 18.0 Å². The van der Waals surface area contributed by atoms with Gasteiger partial charge in [-0.1, -0.05) is 42.5 Å². The number of benzene rings is 2. The first-order valence-corrected chi connectivity index (χ1v) is 9.46. The van der Waals surface area contributed by atoms with E-state index in [1.54, 1.807) is 28.8 Å². The molecule has 0 aliphatic carbocycles. The molecule has 0 spiro atoms. The van der Waals surface area contributed by atoms with E-state index in [1.807, 2.05) is 54.6 Å². The molecule has 2 N–H and O–H groups in total. The second-order valence-electron chi connectivity index (χ2n) is 6.61. The van der Waals surface area contributed by atoms with Crippen LogP contribution in [0.2, 0.25) is 0 Å². The van der Waals surface area contributed by atoms with Crippen LogP contribution in [-0.4, -0.2) is 27.7 Å². The number of hydrogen-bond acceptors (Lipinski definition) is 4. The number of rotatable bonds is 7. The molecule has 0 fully saturated rings. The van der Waals surface area contributed by atoms with Gasteiger partial charge in [0.05, 0.1) is 12.7 Å². The second kappa shape index (κ2) is 8.91. The molecule has 0 aliphatic rings. The van der Waals surface area contributed by atoms with Crippen LogP contribution in [0.3, 0.4) is 0 Å². The van der Waals surface area contributed by atoms with Gasteiger partial charge in [-0.2, -0.15) is 0 Å². The number of hydrogen-bond donors (Lipinski definition) is 2. The number of fused-ring (bicyclic) bond motifs is 1. The first-order valence-electron chi connectivity index (χ1n) is 9.46. The Labute approximate surface area is 173 Å². The number of Topliss-reactive ketones (excluding diaryl/α,β-unsaturated/α-hetero) is 1. The quantitative estimate of drug-likeness (QED) is 0.461. The van der Waals surface area contributed by atoms with Crippen molar-refractivity contribution in [2.24, 2.45) is 0 Å². The summed E-state index contributed by atoms with van der Waals surface area (Å²) in [4.78, 5) is 28.8. The van der Waals surface area contributed by atoms with Crippen molar-refractivity contribution >= 4 is 23.1 Å². The summed E-state index contributed by atoms with van der Waals surface area (Å²) in [6, 6.07) is 21.9. The maximum Gasteiger partial charge on any atom is 0.319 e. The van der Waals surface area contributed by atoms with E-state index in [9.17, 15) is 9.59 Å². The summed E-state index contributed by atoms with van der Waals surface area (Å²) in [5.41, 5.74) is 2.72. The zero-order chi connectivity index (χ0) is 20.8. The first kappa shape index (κ1) is 19.2. The number of urea groups is 1. The Kier molecular flexibility index (Phi) is 5.70. The third-order valence-electron chi connectivity index (χ3n) is 4.45. The fourth-order valence-corrected chi connectivity index (χ4v) is 2.97. The largest absolute Gasteiger partial charge is 0.489 e. The number of carbonyl (C=O) groups excluding carboxylic acids is 2. The molecule has 4 rings (SSSR count). The predicted octanol–water partition coefficient (Wildman–Crippen LogP) is 3.92. The van der Waals surface area contributed by atoms with Crippen LogP contribution < -0.4 is 15.4 Å². The highest BCUT2D eigenvalue weighted by Crippen LogP contribution is 2.18. The van der Waals surface area contributed by atoms with E-state index in [1.165, 1.54) is 6.20 Å². The highest BCUT2D eigenvalue weighted by molar-refractivity contribution is 6.00. The Morgan fingerprint density at radius 1 is 0.967 bits per heavy atom. The van der Waals surface area contributed by atoms with Gasteiger partial charge in [0.25, 0.3) is 0 Å². The van der Waals surface area contributed by atoms with Crippen molar-refractivity contribution in [3.8, 4) is 5.75 Å². The van der Waals surface area contributed by atoms with E-state index >= 15 is 0 Å². The van der Waals surface area contributed by atoms with E-state index in [4.69, 9.17) is 4.74 Å². The summed E-state index contributed by atoms with van der Waals surface area (Å²) in [6.45, 7) is 0.295. The van der Waals surface area contributed by atoms with Crippen molar-refractivity contribution in [2.45, 2.75) is 6.61 Å². The highest BCUT2D eigenvalue weighted by atomic mass is 16.5. The van der Waals surface area contributed by atoms with Crippen LogP contribution in [0.4, 0.5) is 10.5 Å². The van der Waals surface area contributed by atoms with E-state index in [0.717, 1.165) is 5.56 Å². The minimum Gasteiger partial charge on any atom is -0.489 e. The molecule has 0 atom stereocenters. The lowest BCUT2D eigenvalue weighted by Gasteiger charge is -2.10. The van der Waals surface area contributed by atoms with Crippen LogP contribution in [0.15, 0.2) is 85.2 Å². The van der Waals surface area contributed by atoms with E-state index < -0.39 is 6.03 Å². The van der Waals surface area contributed by atoms with Crippen LogP contribution in [0, 0.1) is 0 Å². The minimum atomic E-state index is -0.475. The van der Waals surface area contributed by atoms with E-state index in [0.29, 0.717) is 29.4 Å². The normalized spacial score (nSPS) is 10.5. The molecule has 0 radical (unpaired) electrons. The molecular weight excluding hydrogens is 380 g/mol. The molecule has 30 heavy (non-hydrogen) atoms. The number of amides is 2. The molecule has 0 aliphatic heterocycles. The topological polar surface area (TPSA) is 84.7 Å². The average molecular weight is 400 g/mol. The lowest BCUT2D eigenvalue weighted by molar-refractivity contribution is 0.0987. The minimum absolute atomic E-state index is 0.140. The van der Waals surface area contributed by atoms with Crippen molar-refractivity contribution in [3.63, 3.8) is 0 Å². The van der Waals surface area contributed by atoms with Gasteiger partial charge in [0.15, 0.2) is 5.78 Å². The van der Waals surface area contributed by atoms with Crippen LogP contribution in [0.5, 0.6) is 5.75 Å². The fourth-order valence-electron chi connectivity index (χ4n) is 2.97. The summed E-state index contributed by atoms with van der Waals surface area (Å²) in [7, 11) is 0. The standard InChI is InChI=1S/C23H20N4O3/c28-21(20-14-24-22-11-4-5-12-27(20)22)15-25-23(29)26-18-9-6-10-19(13-18)30-16-17-7-2-1-3-8-17/h1-14H,15-16H2,(H2,25,26,29). The summed E-state index contributed by atoms with van der Waals surface area (Å²) < 4.78 is 7.46. The molecule has 0 saturated carbocycles. The van der Waals surface area contributed by atoms with E-state index in [-0.39, 0.29) is 12.3 Å². The fraction of sp³-hybridized carbons (Fsp3) is 0.0870. The highest BCUT2D eigenvalue weighted by Gasteiger charge is 2.13. The van der Waals surface area contributed by atoms with Crippen molar-refractivity contribution in [1.29, 1.82) is 0 Å². The van der Waals surface area contributed by atoms with Crippen LogP contribution in [0.1, 0.15) is 16.1 Å². The lowest BCUT2D eigenvalue weighted by atomic mass is 10.2. The summed E-state index contributed by atoms with van der Waals surface area (Å²) >= 11 is 0. The van der Waals surface area contributed by atoms with Crippen molar-refractivity contribution in [2.75, 3.05) is 11.9 Å². The monoisotopic (exact) mass is 400 g/mol. The summed E-state index contributed by atoms with van der Waals surface area (Å²) in [5, 5.41) is 5.29. The number of nitrogens with zero attached hydrogens (tertiary/aromatic N) is 2. The molecule has 2 aromatic heterocycles. The molecule has 7 heteroatoms. The van der Waals surface area contributed by atoms with Gasteiger partial charge in [-0.25, -0.2) is 9.78 Å². The van der Waals surface area contributed by atoms with Crippen LogP contribution in [0.25, 0.3) is 5.65 Å². The third kappa shape index (κ3) is 4.64. The van der Waals surface area contributed by atoms with Gasteiger partial charge in [-0.3, -0.25) is 9.20 Å². The zero-order valence-electron chi connectivity index (χ0n) is 16.1. The number of imidazole rings is 1. The summed E-state index contributed by atoms with van der Waals surface area (Å²) in [6.07, 6.45) is 3.27. The van der Waals surface area contributed by atoms with Gasteiger partial charge < -0.3 is 15.4 Å². The molecule has 7 nitrogen and oxygen atoms in total. The number of carbonyl (C=O) groups is 2. The maximum atomic E-state index is 12.4. The first-order chi connectivity index (χ1) is 14.7.